The molecule has 0 saturated carbocycles. The van der Waals surface area contributed by atoms with E-state index in [2.05, 4.69) is 17.2 Å². The Labute approximate surface area is 92.3 Å². The fourth-order valence-corrected chi connectivity index (χ4v) is 2.40. The maximum absolute atomic E-state index is 11.7. The highest BCUT2D eigenvalue weighted by Crippen LogP contribution is 2.18. The van der Waals surface area contributed by atoms with Gasteiger partial charge < -0.3 is 5.32 Å². The maximum atomic E-state index is 11.7. The molecule has 1 heterocycles. The van der Waals surface area contributed by atoms with Gasteiger partial charge in [0.15, 0.2) is 0 Å². The van der Waals surface area contributed by atoms with Crippen LogP contribution in [0.3, 0.4) is 0 Å². The number of rotatable bonds is 4. The van der Waals surface area contributed by atoms with Crippen LogP contribution in [0.15, 0.2) is 16.1 Å². The minimum Gasteiger partial charge on any atom is -0.303 e. The molecule has 0 saturated heterocycles. The molecule has 1 amide bonds. The Morgan fingerprint density at radius 2 is 2.27 bits per heavy atom. The van der Waals surface area contributed by atoms with Crippen molar-refractivity contribution in [3.8, 4) is 0 Å². The topological polar surface area (TPSA) is 58.5 Å². The Hall–Kier alpha value is -0.970. The number of allylic oxidation sites excluding steroid dienone is 1. The average Bonchev–Trinajstić information content (AvgIpc) is 2.49. The van der Waals surface area contributed by atoms with Crippen LogP contribution < -0.4 is 5.32 Å². The first kappa shape index (κ1) is 12.1. The summed E-state index contributed by atoms with van der Waals surface area (Å²) in [6, 6.07) is 0. The smallest absolute Gasteiger partial charge is 0.222 e. The lowest BCUT2D eigenvalue weighted by Crippen LogP contribution is -2.30. The van der Waals surface area contributed by atoms with E-state index >= 15 is 0 Å². The molecule has 5 heteroatoms. The van der Waals surface area contributed by atoms with E-state index in [0.717, 1.165) is 30.6 Å². The lowest BCUT2D eigenvalue weighted by Gasteiger charge is -2.02. The molecule has 0 bridgehead atoms. The summed E-state index contributed by atoms with van der Waals surface area (Å²) in [6.45, 7) is 3.51. The molecule has 1 unspecified atom stereocenters. The van der Waals surface area contributed by atoms with E-state index in [9.17, 15) is 9.00 Å². The Morgan fingerprint density at radius 3 is 2.87 bits per heavy atom. The summed E-state index contributed by atoms with van der Waals surface area (Å²) in [4.78, 5) is 15.5. The van der Waals surface area contributed by atoms with Gasteiger partial charge in [-0.2, -0.15) is 0 Å². The third kappa shape index (κ3) is 3.58. The van der Waals surface area contributed by atoms with Crippen molar-refractivity contribution in [1.82, 2.24) is 5.32 Å². The number of hydrogen-bond donors (Lipinski definition) is 1. The molecular formula is C10H16N2O2S. The standard InChI is InChI=1S/C10H16N2O2S/c1-3-4-5-6-9-7-11-10(15(9)14)12-8(2)13/h7H,3-6H2,1-2H3,(H,11,12,13). The molecule has 0 fully saturated rings. The van der Waals surface area contributed by atoms with Crippen LogP contribution in [0.5, 0.6) is 0 Å². The summed E-state index contributed by atoms with van der Waals surface area (Å²) in [5.74, 6) is -0.231. The second-order valence-electron chi connectivity index (χ2n) is 3.44. The van der Waals surface area contributed by atoms with Gasteiger partial charge in [-0.05, 0) is 12.8 Å². The van der Waals surface area contributed by atoms with Crippen molar-refractivity contribution in [3.63, 3.8) is 0 Å². The van der Waals surface area contributed by atoms with Gasteiger partial charge in [-0.25, -0.2) is 9.20 Å². The first-order valence-electron chi connectivity index (χ1n) is 5.11. The largest absolute Gasteiger partial charge is 0.303 e. The van der Waals surface area contributed by atoms with Crippen molar-refractivity contribution in [2.45, 2.75) is 39.5 Å². The van der Waals surface area contributed by atoms with Crippen LogP contribution in [0, 0.1) is 0 Å². The number of carbonyl (C=O) groups excluding carboxylic acids is 1. The molecule has 0 aliphatic carbocycles. The minimum absolute atomic E-state index is 0.231. The molecule has 1 aliphatic rings. The second kappa shape index (κ2) is 5.80. The van der Waals surface area contributed by atoms with Crippen molar-refractivity contribution in [2.24, 2.45) is 4.99 Å². The molecule has 0 aromatic carbocycles. The van der Waals surface area contributed by atoms with Crippen LogP contribution in [-0.2, 0) is 15.6 Å². The van der Waals surface area contributed by atoms with Crippen LogP contribution in [0.2, 0.25) is 0 Å². The van der Waals surface area contributed by atoms with Gasteiger partial charge in [-0.1, -0.05) is 19.8 Å². The van der Waals surface area contributed by atoms with Crippen molar-refractivity contribution in [1.29, 1.82) is 0 Å². The molecule has 15 heavy (non-hydrogen) atoms. The van der Waals surface area contributed by atoms with E-state index in [4.69, 9.17) is 0 Å². The predicted octanol–water partition coefficient (Wildman–Crippen LogP) is 1.66. The number of nitrogens with one attached hydrogen (secondary N) is 1. The number of hydrogen-bond acceptors (Lipinski definition) is 3. The van der Waals surface area contributed by atoms with Gasteiger partial charge in [0.25, 0.3) is 0 Å². The third-order valence-corrected chi connectivity index (χ3v) is 3.39. The summed E-state index contributed by atoms with van der Waals surface area (Å²) in [5.41, 5.74) is 0. The molecule has 84 valence electrons. The van der Waals surface area contributed by atoms with Gasteiger partial charge in [0.05, 0.1) is 0 Å². The summed E-state index contributed by atoms with van der Waals surface area (Å²) in [5, 5.41) is 2.74. The highest BCUT2D eigenvalue weighted by atomic mass is 32.2. The lowest BCUT2D eigenvalue weighted by molar-refractivity contribution is -0.117. The molecule has 0 radical (unpaired) electrons. The van der Waals surface area contributed by atoms with Gasteiger partial charge in [-0.15, -0.1) is 0 Å². The van der Waals surface area contributed by atoms with Crippen LogP contribution >= 0.6 is 0 Å². The highest BCUT2D eigenvalue weighted by molar-refractivity contribution is 8.04. The first-order valence-corrected chi connectivity index (χ1v) is 6.26. The van der Waals surface area contributed by atoms with Crippen LogP contribution in [-0.4, -0.2) is 15.3 Å². The molecule has 1 aliphatic heterocycles. The first-order chi connectivity index (χ1) is 7.15. The average molecular weight is 228 g/mol. The summed E-state index contributed by atoms with van der Waals surface area (Å²) < 4.78 is 11.7. The Morgan fingerprint density at radius 1 is 1.53 bits per heavy atom. The number of amidine groups is 1. The maximum Gasteiger partial charge on any atom is 0.222 e. The monoisotopic (exact) mass is 228 g/mol. The number of unbranched alkanes of at least 4 members (excludes halogenated alkanes) is 2. The zero-order valence-electron chi connectivity index (χ0n) is 9.08. The number of amides is 1. The van der Waals surface area contributed by atoms with E-state index in [1.54, 1.807) is 6.20 Å². The third-order valence-electron chi connectivity index (χ3n) is 2.05. The van der Waals surface area contributed by atoms with Crippen molar-refractivity contribution in [2.75, 3.05) is 0 Å². The van der Waals surface area contributed by atoms with Crippen molar-refractivity contribution < 1.29 is 9.00 Å². The Balaban J connectivity index is 2.42. The summed E-state index contributed by atoms with van der Waals surface area (Å²) in [6.07, 6.45) is 5.70. The van der Waals surface area contributed by atoms with Crippen LogP contribution in [0.1, 0.15) is 39.5 Å². The summed E-state index contributed by atoms with van der Waals surface area (Å²) in [7, 11) is -1.24. The van der Waals surface area contributed by atoms with E-state index in [1.165, 1.54) is 6.92 Å². The van der Waals surface area contributed by atoms with E-state index < -0.39 is 10.8 Å². The van der Waals surface area contributed by atoms with Gasteiger partial charge in [0.2, 0.25) is 11.1 Å². The van der Waals surface area contributed by atoms with E-state index in [0.29, 0.717) is 0 Å². The highest BCUT2D eigenvalue weighted by Gasteiger charge is 2.20. The number of aliphatic imine (C=N–C) groups is 1. The molecule has 4 nitrogen and oxygen atoms in total. The molecule has 0 aromatic rings. The zero-order chi connectivity index (χ0) is 11.3. The molecular weight excluding hydrogens is 212 g/mol. The van der Waals surface area contributed by atoms with E-state index in [-0.39, 0.29) is 11.1 Å². The molecule has 0 aromatic heterocycles. The van der Waals surface area contributed by atoms with Crippen molar-refractivity contribution in [3.05, 3.63) is 11.1 Å². The number of carbonyl (C=O) groups is 1. The van der Waals surface area contributed by atoms with Crippen molar-refractivity contribution >= 4 is 21.9 Å². The molecule has 1 rings (SSSR count). The molecule has 1 N–H and O–H groups in total. The Bertz CT molecular complexity index is 334. The fraction of sp³-hybridized carbons (Fsp3) is 0.600. The predicted molar refractivity (Wildman–Crippen MR) is 61.6 cm³/mol. The Kier molecular flexibility index (Phi) is 4.68. The lowest BCUT2D eigenvalue weighted by atomic mass is 10.2. The van der Waals surface area contributed by atoms with Crippen LogP contribution in [0.4, 0.5) is 0 Å². The van der Waals surface area contributed by atoms with E-state index in [1.807, 2.05) is 0 Å². The molecule has 0 spiro atoms. The fourth-order valence-electron chi connectivity index (χ4n) is 1.29. The summed E-state index contributed by atoms with van der Waals surface area (Å²) >= 11 is 0. The van der Waals surface area contributed by atoms with Gasteiger partial charge >= 0.3 is 0 Å². The quantitative estimate of drug-likeness (QED) is 0.744. The van der Waals surface area contributed by atoms with Gasteiger partial charge in [-0.3, -0.25) is 4.79 Å². The zero-order valence-corrected chi connectivity index (χ0v) is 9.89. The minimum atomic E-state index is -1.24. The normalized spacial score (nSPS) is 19.7. The second-order valence-corrected chi connectivity index (χ2v) is 4.89. The van der Waals surface area contributed by atoms with Gasteiger partial charge in [0, 0.05) is 18.0 Å². The SMILES string of the molecule is CCCCCC1=CN=C(NC(C)=O)S1=O. The van der Waals surface area contributed by atoms with Crippen LogP contribution in [0.25, 0.3) is 0 Å². The van der Waals surface area contributed by atoms with Gasteiger partial charge in [0.1, 0.15) is 10.8 Å². The molecule has 1 atom stereocenters. The number of nitrogens with zero attached hydrogens (tertiary/aromatic N) is 1.